The summed E-state index contributed by atoms with van der Waals surface area (Å²) in [6, 6.07) is 9.66. The van der Waals surface area contributed by atoms with Crippen LogP contribution in [0, 0.1) is 0 Å². The monoisotopic (exact) mass is 274 g/mol. The molecule has 3 rings (SSSR count). The fourth-order valence-electron chi connectivity index (χ4n) is 2.07. The minimum Gasteiger partial charge on any atom is -0.493 e. The largest absolute Gasteiger partial charge is 0.493 e. The molecular weight excluding hydrogens is 260 g/mol. The molecule has 1 aromatic heterocycles. The first-order chi connectivity index (χ1) is 9.22. The lowest BCUT2D eigenvalue weighted by Gasteiger charge is -2.08. The molecule has 1 aliphatic rings. The predicted molar refractivity (Wildman–Crippen MR) is 76.3 cm³/mol. The van der Waals surface area contributed by atoms with Crippen molar-refractivity contribution in [3.8, 4) is 5.75 Å². The van der Waals surface area contributed by atoms with Crippen molar-refractivity contribution in [1.29, 1.82) is 0 Å². The summed E-state index contributed by atoms with van der Waals surface area (Å²) in [5, 5.41) is 0.613. The van der Waals surface area contributed by atoms with Crippen LogP contribution in [0.4, 0.5) is 11.6 Å². The lowest BCUT2D eigenvalue weighted by atomic mass is 10.0. The van der Waals surface area contributed by atoms with Crippen molar-refractivity contribution in [3.05, 3.63) is 35.9 Å². The highest BCUT2D eigenvalue weighted by atomic mass is 32.2. The van der Waals surface area contributed by atoms with E-state index < -0.39 is 0 Å². The molecule has 0 aliphatic carbocycles. The van der Waals surface area contributed by atoms with E-state index in [0.29, 0.717) is 29.3 Å². The molecule has 0 saturated heterocycles. The number of anilines is 2. The number of hydrogen-bond donors (Lipinski definition) is 2. The van der Waals surface area contributed by atoms with Gasteiger partial charge in [-0.05, 0) is 6.07 Å². The molecule has 2 heterocycles. The summed E-state index contributed by atoms with van der Waals surface area (Å²) >= 11 is 1.55. The number of nitrogen functional groups attached to an aromatic ring is 2. The van der Waals surface area contributed by atoms with E-state index in [0.717, 1.165) is 11.5 Å². The molecule has 5 nitrogen and oxygen atoms in total. The highest BCUT2D eigenvalue weighted by Crippen LogP contribution is 2.36. The quantitative estimate of drug-likeness (QED) is 0.656. The van der Waals surface area contributed by atoms with Crippen molar-refractivity contribution < 1.29 is 4.74 Å². The van der Waals surface area contributed by atoms with Gasteiger partial charge in [-0.3, -0.25) is 0 Å². The van der Waals surface area contributed by atoms with Crippen LogP contribution in [-0.4, -0.2) is 22.3 Å². The Morgan fingerprint density at radius 3 is 2.74 bits per heavy atom. The fourth-order valence-corrected chi connectivity index (χ4v) is 3.03. The number of nitrogens with zero attached hydrogens (tertiary/aromatic N) is 2. The number of thioether (sulfide) groups is 1. The van der Waals surface area contributed by atoms with Crippen LogP contribution in [0.15, 0.2) is 35.5 Å². The van der Waals surface area contributed by atoms with Gasteiger partial charge in [0.15, 0.2) is 5.16 Å². The van der Waals surface area contributed by atoms with Gasteiger partial charge in [-0.15, -0.1) is 0 Å². The SMILES string of the molecule is Nc1cc(N)nc(SCC2COc3ccccc32)n1. The van der Waals surface area contributed by atoms with E-state index in [1.165, 1.54) is 5.56 Å². The molecule has 98 valence electrons. The first-order valence-corrected chi connectivity index (χ1v) is 6.95. The van der Waals surface area contributed by atoms with Crippen LogP contribution < -0.4 is 16.2 Å². The van der Waals surface area contributed by atoms with Crippen molar-refractivity contribution in [1.82, 2.24) is 9.97 Å². The Balaban J connectivity index is 1.70. The maximum Gasteiger partial charge on any atom is 0.191 e. The molecule has 6 heteroatoms. The van der Waals surface area contributed by atoms with Crippen LogP contribution in [0.1, 0.15) is 11.5 Å². The molecule has 0 saturated carbocycles. The van der Waals surface area contributed by atoms with Crippen molar-refractivity contribution in [3.63, 3.8) is 0 Å². The minimum absolute atomic E-state index is 0.354. The van der Waals surface area contributed by atoms with Gasteiger partial charge in [0, 0.05) is 23.3 Å². The number of nitrogens with two attached hydrogens (primary N) is 2. The summed E-state index contributed by atoms with van der Waals surface area (Å²) in [6.07, 6.45) is 0. The summed E-state index contributed by atoms with van der Waals surface area (Å²) in [5.74, 6) is 2.98. The third kappa shape index (κ3) is 2.58. The molecule has 0 bridgehead atoms. The van der Waals surface area contributed by atoms with Crippen LogP contribution in [-0.2, 0) is 0 Å². The molecule has 1 unspecified atom stereocenters. The molecule has 0 fully saturated rings. The first kappa shape index (κ1) is 12.1. The molecule has 0 amide bonds. The number of rotatable bonds is 3. The average molecular weight is 274 g/mol. The number of hydrogen-bond acceptors (Lipinski definition) is 6. The van der Waals surface area contributed by atoms with Crippen molar-refractivity contribution in [2.45, 2.75) is 11.1 Å². The summed E-state index contributed by atoms with van der Waals surface area (Å²) < 4.78 is 5.64. The second-order valence-corrected chi connectivity index (χ2v) is 5.34. The lowest BCUT2D eigenvalue weighted by molar-refractivity contribution is 0.338. The van der Waals surface area contributed by atoms with Crippen molar-refractivity contribution in [2.75, 3.05) is 23.8 Å². The summed E-state index contributed by atoms with van der Waals surface area (Å²) in [6.45, 7) is 0.699. The van der Waals surface area contributed by atoms with E-state index in [1.807, 2.05) is 18.2 Å². The second kappa shape index (κ2) is 4.97. The van der Waals surface area contributed by atoms with Crippen molar-refractivity contribution in [2.24, 2.45) is 0 Å². The number of aromatic nitrogens is 2. The summed E-state index contributed by atoms with van der Waals surface area (Å²) in [7, 11) is 0. The Morgan fingerprint density at radius 2 is 1.95 bits per heavy atom. The average Bonchev–Trinajstić information content (AvgIpc) is 2.78. The molecule has 0 radical (unpaired) electrons. The molecule has 1 atom stereocenters. The van der Waals surface area contributed by atoms with Crippen LogP contribution in [0.2, 0.25) is 0 Å². The van der Waals surface area contributed by atoms with Gasteiger partial charge in [-0.1, -0.05) is 30.0 Å². The van der Waals surface area contributed by atoms with Gasteiger partial charge in [-0.2, -0.15) is 0 Å². The number of benzene rings is 1. The summed E-state index contributed by atoms with van der Waals surface area (Å²) in [4.78, 5) is 8.32. The third-order valence-electron chi connectivity index (χ3n) is 2.96. The van der Waals surface area contributed by atoms with Gasteiger partial charge < -0.3 is 16.2 Å². The Kier molecular flexibility index (Phi) is 3.16. The molecule has 2 aromatic rings. The summed E-state index contributed by atoms with van der Waals surface area (Å²) in [5.41, 5.74) is 12.5. The van der Waals surface area contributed by atoms with E-state index in [2.05, 4.69) is 16.0 Å². The maximum absolute atomic E-state index is 5.65. The third-order valence-corrected chi connectivity index (χ3v) is 3.97. The number of para-hydroxylation sites is 1. The fraction of sp³-hybridized carbons (Fsp3) is 0.231. The van der Waals surface area contributed by atoms with Crippen molar-refractivity contribution >= 4 is 23.4 Å². The van der Waals surface area contributed by atoms with E-state index in [1.54, 1.807) is 17.8 Å². The zero-order valence-electron chi connectivity index (χ0n) is 10.2. The van der Waals surface area contributed by atoms with Crippen LogP contribution in [0.3, 0.4) is 0 Å². The van der Waals surface area contributed by atoms with E-state index >= 15 is 0 Å². The normalized spacial score (nSPS) is 16.9. The van der Waals surface area contributed by atoms with E-state index in [-0.39, 0.29) is 0 Å². The molecule has 1 aliphatic heterocycles. The van der Waals surface area contributed by atoms with Crippen LogP contribution in [0.5, 0.6) is 5.75 Å². The van der Waals surface area contributed by atoms with Gasteiger partial charge in [-0.25, -0.2) is 9.97 Å². The molecule has 0 spiro atoms. The van der Waals surface area contributed by atoms with Gasteiger partial charge in [0.25, 0.3) is 0 Å². The van der Waals surface area contributed by atoms with Gasteiger partial charge in [0.2, 0.25) is 0 Å². The molecule has 1 aromatic carbocycles. The molecule has 19 heavy (non-hydrogen) atoms. The zero-order chi connectivity index (χ0) is 13.2. The lowest BCUT2D eigenvalue weighted by Crippen LogP contribution is -2.05. The highest BCUT2D eigenvalue weighted by molar-refractivity contribution is 7.99. The second-order valence-electron chi connectivity index (χ2n) is 4.36. The Morgan fingerprint density at radius 1 is 1.21 bits per heavy atom. The predicted octanol–water partition coefficient (Wildman–Crippen LogP) is 1.91. The van der Waals surface area contributed by atoms with E-state index in [9.17, 15) is 0 Å². The standard InChI is InChI=1S/C13H14N4OS/c14-11-5-12(15)17-13(16-11)19-7-8-6-18-10-4-2-1-3-9(8)10/h1-5,8H,6-7H2,(H4,14,15,16,17). The van der Waals surface area contributed by atoms with Gasteiger partial charge in [0.1, 0.15) is 17.4 Å². The number of fused-ring (bicyclic) bond motifs is 1. The van der Waals surface area contributed by atoms with Gasteiger partial charge >= 0.3 is 0 Å². The maximum atomic E-state index is 5.65. The van der Waals surface area contributed by atoms with Crippen LogP contribution in [0.25, 0.3) is 0 Å². The topological polar surface area (TPSA) is 87.1 Å². The Labute approximate surface area is 115 Å². The molecular formula is C13H14N4OS. The smallest absolute Gasteiger partial charge is 0.191 e. The van der Waals surface area contributed by atoms with Gasteiger partial charge in [0.05, 0.1) is 6.61 Å². The van der Waals surface area contributed by atoms with E-state index in [4.69, 9.17) is 16.2 Å². The molecule has 4 N–H and O–H groups in total. The highest BCUT2D eigenvalue weighted by Gasteiger charge is 2.23. The minimum atomic E-state index is 0.354. The first-order valence-electron chi connectivity index (χ1n) is 5.97. The van der Waals surface area contributed by atoms with Crippen LogP contribution >= 0.6 is 11.8 Å². The Bertz CT molecular complexity index is 585. The number of ether oxygens (including phenoxy) is 1. The Hall–Kier alpha value is -1.95. The zero-order valence-corrected chi connectivity index (χ0v) is 11.1.